The van der Waals surface area contributed by atoms with Crippen LogP contribution in [0.15, 0.2) is 255 Å². The Bertz CT molecular complexity index is 3740. The highest BCUT2D eigenvalue weighted by Gasteiger charge is 2.47. The van der Waals surface area contributed by atoms with Crippen molar-refractivity contribution in [2.45, 2.75) is 5.41 Å². The molecule has 13 rings (SSSR count). The first-order valence-electron chi connectivity index (χ1n) is 23.1. The zero-order chi connectivity index (χ0) is 44.3. The van der Waals surface area contributed by atoms with Gasteiger partial charge < -0.3 is 0 Å². The smallest absolute Gasteiger partial charge is 0.161 e. The first kappa shape index (κ1) is 38.7. The van der Waals surface area contributed by atoms with Crippen LogP contribution in [0.4, 0.5) is 0 Å². The first-order valence-corrected chi connectivity index (χ1v) is 23.1. The summed E-state index contributed by atoms with van der Waals surface area (Å²) in [6, 6.07) is 92.6. The second kappa shape index (κ2) is 15.8. The molecule has 0 saturated carbocycles. The minimum Gasteiger partial charge on any atom is -0.228 e. The molecule has 1 heterocycles. The van der Waals surface area contributed by atoms with E-state index < -0.39 is 5.41 Å². The van der Waals surface area contributed by atoms with Gasteiger partial charge in [0.2, 0.25) is 0 Å². The first-order chi connectivity index (χ1) is 33.2. The maximum atomic E-state index is 5.23. The third-order valence-electron chi connectivity index (χ3n) is 14.0. The molecule has 0 aliphatic heterocycles. The van der Waals surface area contributed by atoms with Crippen LogP contribution in [-0.4, -0.2) is 9.97 Å². The molecule has 0 bridgehead atoms. The molecule has 1 aromatic heterocycles. The molecule has 0 spiro atoms. The van der Waals surface area contributed by atoms with E-state index in [0.29, 0.717) is 5.82 Å². The molecule has 1 aliphatic carbocycles. The summed E-state index contributed by atoms with van der Waals surface area (Å²) in [5.41, 5.74) is 16.9. The van der Waals surface area contributed by atoms with Crippen molar-refractivity contribution in [3.05, 3.63) is 277 Å². The Hall–Kier alpha value is -8.72. The van der Waals surface area contributed by atoms with E-state index in [9.17, 15) is 0 Å². The lowest BCUT2D eigenvalue weighted by molar-refractivity contribution is 0.775. The summed E-state index contributed by atoms with van der Waals surface area (Å²) in [7, 11) is 0. The normalized spacial score (nSPS) is 12.6. The van der Waals surface area contributed by atoms with Crippen LogP contribution in [-0.2, 0) is 5.41 Å². The van der Waals surface area contributed by atoms with Crippen molar-refractivity contribution in [2.24, 2.45) is 0 Å². The van der Waals surface area contributed by atoms with Crippen molar-refractivity contribution in [3.8, 4) is 67.3 Å². The van der Waals surface area contributed by atoms with E-state index in [4.69, 9.17) is 9.97 Å². The number of benzene rings is 11. The van der Waals surface area contributed by atoms with Crippen LogP contribution >= 0.6 is 0 Å². The van der Waals surface area contributed by atoms with Crippen molar-refractivity contribution in [1.82, 2.24) is 9.97 Å². The van der Waals surface area contributed by atoms with Crippen molar-refractivity contribution in [3.63, 3.8) is 0 Å². The van der Waals surface area contributed by atoms with Gasteiger partial charge in [-0.15, -0.1) is 0 Å². The maximum Gasteiger partial charge on any atom is 0.161 e. The average molecular weight is 851 g/mol. The van der Waals surface area contributed by atoms with Crippen LogP contribution in [0.3, 0.4) is 0 Å². The standard InChI is InChI=1S/C65H42N2/c1-5-20-44(21-6-1)61-42-62(45-22-7-2-8-23-45)67-64(66-61)58-39-38-56(53-31-17-18-32-54(53)58)55-37-36-49(51-29-15-16-30-52(51)55)46-34-40-60-59(41-46)57-35-33-43-19-13-14-28-50(43)63(57)65(60,47-24-9-3-10-25-47)48-26-11-4-12-27-48/h1-42H. The summed E-state index contributed by atoms with van der Waals surface area (Å²) in [6.45, 7) is 0. The highest BCUT2D eigenvalue weighted by atomic mass is 14.9. The molecule has 0 fully saturated rings. The lowest BCUT2D eigenvalue weighted by Crippen LogP contribution is -2.28. The summed E-state index contributed by atoms with van der Waals surface area (Å²) in [5.74, 6) is 0.706. The molecule has 67 heavy (non-hydrogen) atoms. The van der Waals surface area contributed by atoms with E-state index >= 15 is 0 Å². The van der Waals surface area contributed by atoms with Gasteiger partial charge >= 0.3 is 0 Å². The van der Waals surface area contributed by atoms with Crippen molar-refractivity contribution >= 4 is 32.3 Å². The molecule has 1 aliphatic rings. The van der Waals surface area contributed by atoms with E-state index in [1.807, 2.05) is 12.1 Å². The van der Waals surface area contributed by atoms with Gasteiger partial charge in [-0.3, -0.25) is 0 Å². The van der Waals surface area contributed by atoms with E-state index in [2.05, 4.69) is 243 Å². The maximum absolute atomic E-state index is 5.23. The average Bonchev–Trinajstić information content (AvgIpc) is 3.72. The minimum absolute atomic E-state index is 0.497. The molecule has 12 aromatic rings. The number of nitrogens with zero attached hydrogens (tertiary/aromatic N) is 2. The molecular formula is C65H42N2. The summed E-state index contributed by atoms with van der Waals surface area (Å²) in [4.78, 5) is 10.5. The van der Waals surface area contributed by atoms with Gasteiger partial charge in [0.05, 0.1) is 16.8 Å². The molecule has 2 nitrogen and oxygen atoms in total. The molecule has 0 saturated heterocycles. The molecular weight excluding hydrogens is 809 g/mol. The summed E-state index contributed by atoms with van der Waals surface area (Å²) in [6.07, 6.45) is 0. The van der Waals surface area contributed by atoms with Crippen LogP contribution in [0.5, 0.6) is 0 Å². The lowest BCUT2D eigenvalue weighted by atomic mass is 9.66. The zero-order valence-electron chi connectivity index (χ0n) is 36.6. The van der Waals surface area contributed by atoms with Crippen molar-refractivity contribution in [1.29, 1.82) is 0 Å². The fourth-order valence-corrected chi connectivity index (χ4v) is 11.0. The summed E-state index contributed by atoms with van der Waals surface area (Å²) >= 11 is 0. The van der Waals surface area contributed by atoms with Crippen molar-refractivity contribution in [2.75, 3.05) is 0 Å². The molecule has 0 unspecified atom stereocenters. The predicted molar refractivity (Wildman–Crippen MR) is 279 cm³/mol. The quantitative estimate of drug-likeness (QED) is 0.160. The molecule has 0 atom stereocenters. The summed E-state index contributed by atoms with van der Waals surface area (Å²) < 4.78 is 0. The van der Waals surface area contributed by atoms with E-state index in [1.54, 1.807) is 0 Å². The van der Waals surface area contributed by atoms with Gasteiger partial charge in [0, 0.05) is 16.7 Å². The van der Waals surface area contributed by atoms with Crippen LogP contribution in [0.25, 0.3) is 99.6 Å². The number of rotatable bonds is 7. The van der Waals surface area contributed by atoms with Gasteiger partial charge in [-0.25, -0.2) is 9.97 Å². The van der Waals surface area contributed by atoms with Gasteiger partial charge in [-0.2, -0.15) is 0 Å². The fraction of sp³-hybridized carbons (Fsp3) is 0.0154. The molecule has 0 radical (unpaired) electrons. The van der Waals surface area contributed by atoms with Crippen LogP contribution in [0.1, 0.15) is 22.3 Å². The Balaban J connectivity index is 0.980. The largest absolute Gasteiger partial charge is 0.228 e. The zero-order valence-corrected chi connectivity index (χ0v) is 36.6. The molecule has 0 amide bonds. The highest BCUT2D eigenvalue weighted by Crippen LogP contribution is 2.59. The second-order valence-electron chi connectivity index (χ2n) is 17.6. The third kappa shape index (κ3) is 6.18. The number of fused-ring (bicyclic) bond motifs is 7. The van der Waals surface area contributed by atoms with Gasteiger partial charge in [-0.1, -0.05) is 237 Å². The molecule has 312 valence electrons. The van der Waals surface area contributed by atoms with E-state index in [-0.39, 0.29) is 0 Å². The topological polar surface area (TPSA) is 25.8 Å². The Morgan fingerprint density at radius 3 is 1.27 bits per heavy atom. The van der Waals surface area contributed by atoms with Crippen molar-refractivity contribution < 1.29 is 0 Å². The van der Waals surface area contributed by atoms with Crippen LogP contribution in [0, 0.1) is 0 Å². The molecule has 0 N–H and O–H groups in total. The van der Waals surface area contributed by atoms with Crippen LogP contribution < -0.4 is 0 Å². The Labute approximate surface area is 390 Å². The SMILES string of the molecule is c1ccc(-c2cc(-c3ccccc3)nc(-c3ccc(-c4ccc(-c5ccc6c(c5)-c5ccc7ccccc7c5C6(c5ccccc5)c5ccccc5)c5ccccc45)c4ccccc34)n2)cc1. The fourth-order valence-electron chi connectivity index (χ4n) is 11.0. The Morgan fingerprint density at radius 1 is 0.269 bits per heavy atom. The van der Waals surface area contributed by atoms with Gasteiger partial charge in [0.15, 0.2) is 5.82 Å². The number of aromatic nitrogens is 2. The summed E-state index contributed by atoms with van der Waals surface area (Å²) in [5, 5.41) is 7.23. The Morgan fingerprint density at radius 2 is 0.701 bits per heavy atom. The second-order valence-corrected chi connectivity index (χ2v) is 17.6. The number of hydrogen-bond acceptors (Lipinski definition) is 2. The Kier molecular flexibility index (Phi) is 9.11. The molecule has 2 heteroatoms. The minimum atomic E-state index is -0.497. The van der Waals surface area contributed by atoms with E-state index in [0.717, 1.165) is 38.9 Å². The van der Waals surface area contributed by atoms with Crippen LogP contribution in [0.2, 0.25) is 0 Å². The van der Waals surface area contributed by atoms with Gasteiger partial charge in [0.25, 0.3) is 0 Å². The lowest BCUT2D eigenvalue weighted by Gasteiger charge is -2.34. The van der Waals surface area contributed by atoms with Gasteiger partial charge in [-0.05, 0) is 106 Å². The van der Waals surface area contributed by atoms with Gasteiger partial charge in [0.1, 0.15) is 0 Å². The highest BCUT2D eigenvalue weighted by molar-refractivity contribution is 6.12. The van der Waals surface area contributed by atoms with E-state index in [1.165, 1.54) is 77.2 Å². The molecule has 11 aromatic carbocycles. The predicted octanol–water partition coefficient (Wildman–Crippen LogP) is 16.6. The third-order valence-corrected chi connectivity index (χ3v) is 14.0. The monoisotopic (exact) mass is 850 g/mol. The number of hydrogen-bond donors (Lipinski definition) is 0.